The lowest BCUT2D eigenvalue weighted by Gasteiger charge is -2.06. The van der Waals surface area contributed by atoms with Gasteiger partial charge in [-0.25, -0.2) is 4.98 Å². The number of fused-ring (bicyclic) bond motifs is 1. The van der Waals surface area contributed by atoms with Crippen molar-refractivity contribution in [3.8, 4) is 11.5 Å². The summed E-state index contributed by atoms with van der Waals surface area (Å²) in [5, 5.41) is 9.85. The van der Waals surface area contributed by atoms with Gasteiger partial charge in [0.1, 0.15) is 0 Å². The van der Waals surface area contributed by atoms with Crippen LogP contribution in [0.1, 0.15) is 25.0 Å². The van der Waals surface area contributed by atoms with Crippen LogP contribution in [0.5, 0.6) is 0 Å². The first-order valence-electron chi connectivity index (χ1n) is 7.27. The van der Waals surface area contributed by atoms with E-state index in [9.17, 15) is 4.79 Å². The maximum absolute atomic E-state index is 11.9. The number of nitrogens with zero attached hydrogens (tertiary/aromatic N) is 2. The molecule has 3 aromatic rings. The summed E-state index contributed by atoms with van der Waals surface area (Å²) in [6.07, 6.45) is 1.67. The molecule has 0 aliphatic rings. The first-order chi connectivity index (χ1) is 10.5. The second-order valence-electron chi connectivity index (χ2n) is 5.83. The fourth-order valence-corrected chi connectivity index (χ4v) is 2.22. The van der Waals surface area contributed by atoms with E-state index in [2.05, 4.69) is 45.4 Å². The van der Waals surface area contributed by atoms with E-state index in [-0.39, 0.29) is 11.8 Å². The Morgan fingerprint density at radius 3 is 2.68 bits per heavy atom. The van der Waals surface area contributed by atoms with Crippen molar-refractivity contribution in [2.24, 2.45) is 5.92 Å². The van der Waals surface area contributed by atoms with Crippen LogP contribution in [0.4, 0.5) is 5.69 Å². The highest BCUT2D eigenvalue weighted by Gasteiger charge is 2.16. The Balaban J connectivity index is 2.01. The summed E-state index contributed by atoms with van der Waals surface area (Å²) in [7, 11) is 0. The van der Waals surface area contributed by atoms with Gasteiger partial charge in [0.2, 0.25) is 5.91 Å². The van der Waals surface area contributed by atoms with Gasteiger partial charge in [0, 0.05) is 12.1 Å². The van der Waals surface area contributed by atoms with E-state index in [1.54, 1.807) is 6.20 Å². The smallest absolute Gasteiger partial charge is 0.227 e. The number of H-pyrrole nitrogens is 2. The van der Waals surface area contributed by atoms with Crippen LogP contribution in [0.15, 0.2) is 18.3 Å². The number of aryl methyl sites for hydroxylation is 2. The number of carbonyl (C=O) groups is 1. The van der Waals surface area contributed by atoms with Crippen molar-refractivity contribution in [2.45, 2.75) is 27.7 Å². The summed E-state index contributed by atoms with van der Waals surface area (Å²) in [5.41, 5.74) is 5.50. The molecule has 1 amide bonds. The van der Waals surface area contributed by atoms with Gasteiger partial charge in [-0.3, -0.25) is 9.89 Å². The van der Waals surface area contributed by atoms with E-state index in [0.29, 0.717) is 17.2 Å². The van der Waals surface area contributed by atoms with Crippen LogP contribution in [-0.2, 0) is 4.79 Å². The van der Waals surface area contributed by atoms with Crippen molar-refractivity contribution >= 4 is 22.6 Å². The number of benzene rings is 1. The first kappa shape index (κ1) is 14.3. The van der Waals surface area contributed by atoms with Gasteiger partial charge in [-0.15, -0.1) is 0 Å². The number of hydrogen-bond acceptors (Lipinski definition) is 3. The highest BCUT2D eigenvalue weighted by molar-refractivity contribution is 5.95. The number of anilines is 1. The Morgan fingerprint density at radius 1 is 1.23 bits per heavy atom. The molecule has 0 bridgehead atoms. The van der Waals surface area contributed by atoms with Crippen molar-refractivity contribution < 1.29 is 4.79 Å². The van der Waals surface area contributed by atoms with E-state index in [1.807, 2.05) is 19.9 Å². The Kier molecular flexibility index (Phi) is 3.44. The van der Waals surface area contributed by atoms with Crippen LogP contribution in [0, 0.1) is 19.8 Å². The monoisotopic (exact) mass is 297 g/mol. The first-order valence-corrected chi connectivity index (χ1v) is 7.27. The average Bonchev–Trinajstić information content (AvgIpc) is 3.05. The van der Waals surface area contributed by atoms with Crippen LogP contribution < -0.4 is 5.32 Å². The van der Waals surface area contributed by atoms with Gasteiger partial charge < -0.3 is 10.3 Å². The molecule has 0 saturated carbocycles. The fraction of sp³-hybridized carbons (Fsp3) is 0.312. The van der Waals surface area contributed by atoms with Crippen LogP contribution in [0.25, 0.3) is 22.6 Å². The molecule has 0 unspecified atom stereocenters. The lowest BCUT2D eigenvalue weighted by atomic mass is 10.1. The van der Waals surface area contributed by atoms with Crippen molar-refractivity contribution in [3.05, 3.63) is 29.5 Å². The van der Waals surface area contributed by atoms with E-state index in [4.69, 9.17) is 0 Å². The SMILES string of the molecule is Cc1cc2nc(-c3n[nH]cc3NC(=O)C(C)C)[nH]c2cc1C. The lowest BCUT2D eigenvalue weighted by molar-refractivity contribution is -0.118. The molecule has 3 N–H and O–H groups in total. The molecular formula is C16H19N5O. The molecule has 6 nitrogen and oxygen atoms in total. The van der Waals surface area contributed by atoms with Gasteiger partial charge in [0.25, 0.3) is 0 Å². The summed E-state index contributed by atoms with van der Waals surface area (Å²) in [6.45, 7) is 7.83. The molecule has 6 heteroatoms. The predicted octanol–water partition coefficient (Wildman–Crippen LogP) is 3.16. The summed E-state index contributed by atoms with van der Waals surface area (Å²) >= 11 is 0. The van der Waals surface area contributed by atoms with Gasteiger partial charge >= 0.3 is 0 Å². The van der Waals surface area contributed by atoms with Crippen LogP contribution in [-0.4, -0.2) is 26.1 Å². The molecule has 2 aromatic heterocycles. The summed E-state index contributed by atoms with van der Waals surface area (Å²) < 4.78 is 0. The molecule has 0 fully saturated rings. The molecular weight excluding hydrogens is 278 g/mol. The largest absolute Gasteiger partial charge is 0.337 e. The number of aromatic amines is 2. The van der Waals surface area contributed by atoms with Crippen molar-refractivity contribution in [2.75, 3.05) is 5.32 Å². The number of aromatic nitrogens is 4. The van der Waals surface area contributed by atoms with E-state index < -0.39 is 0 Å². The average molecular weight is 297 g/mol. The van der Waals surface area contributed by atoms with Crippen LogP contribution in [0.3, 0.4) is 0 Å². The topological polar surface area (TPSA) is 86.5 Å². The second kappa shape index (κ2) is 5.29. The van der Waals surface area contributed by atoms with Crippen LogP contribution in [0.2, 0.25) is 0 Å². The van der Waals surface area contributed by atoms with E-state index in [1.165, 1.54) is 11.1 Å². The number of amides is 1. The molecule has 0 aliphatic carbocycles. The Bertz CT molecular complexity index is 804. The summed E-state index contributed by atoms with van der Waals surface area (Å²) in [6, 6.07) is 4.11. The minimum atomic E-state index is -0.0938. The second-order valence-corrected chi connectivity index (χ2v) is 5.83. The Morgan fingerprint density at radius 2 is 1.95 bits per heavy atom. The number of carbonyl (C=O) groups excluding carboxylic acids is 1. The summed E-state index contributed by atoms with van der Waals surface area (Å²) in [4.78, 5) is 19.7. The van der Waals surface area contributed by atoms with Gasteiger partial charge in [0.15, 0.2) is 11.5 Å². The molecule has 0 atom stereocenters. The molecule has 0 spiro atoms. The number of nitrogens with one attached hydrogen (secondary N) is 3. The zero-order chi connectivity index (χ0) is 15.9. The zero-order valence-corrected chi connectivity index (χ0v) is 13.1. The zero-order valence-electron chi connectivity index (χ0n) is 13.1. The molecule has 114 valence electrons. The third-order valence-corrected chi connectivity index (χ3v) is 3.74. The van der Waals surface area contributed by atoms with E-state index >= 15 is 0 Å². The Hall–Kier alpha value is -2.63. The third-order valence-electron chi connectivity index (χ3n) is 3.74. The quantitative estimate of drug-likeness (QED) is 0.694. The summed E-state index contributed by atoms with van der Waals surface area (Å²) in [5.74, 6) is 0.495. The van der Waals surface area contributed by atoms with Crippen molar-refractivity contribution in [1.29, 1.82) is 0 Å². The van der Waals surface area contributed by atoms with Crippen LogP contribution >= 0.6 is 0 Å². The minimum Gasteiger partial charge on any atom is -0.337 e. The molecule has 0 radical (unpaired) electrons. The molecule has 3 rings (SSSR count). The standard InChI is InChI=1S/C16H19N5O/c1-8(2)16(22)20-13-7-17-21-14(13)15-18-11-5-9(3)10(4)6-12(11)19-15/h5-8H,1-4H3,(H,17,21)(H,18,19)(H,20,22). The molecule has 22 heavy (non-hydrogen) atoms. The maximum atomic E-state index is 11.9. The highest BCUT2D eigenvalue weighted by Crippen LogP contribution is 2.26. The molecule has 2 heterocycles. The number of rotatable bonds is 3. The molecule has 1 aromatic carbocycles. The van der Waals surface area contributed by atoms with Crippen molar-refractivity contribution in [1.82, 2.24) is 20.2 Å². The van der Waals surface area contributed by atoms with Gasteiger partial charge in [-0.2, -0.15) is 5.10 Å². The fourth-order valence-electron chi connectivity index (χ4n) is 2.22. The van der Waals surface area contributed by atoms with Gasteiger partial charge in [0.05, 0.1) is 16.7 Å². The maximum Gasteiger partial charge on any atom is 0.227 e. The van der Waals surface area contributed by atoms with Gasteiger partial charge in [-0.05, 0) is 37.1 Å². The lowest BCUT2D eigenvalue weighted by Crippen LogP contribution is -2.17. The minimum absolute atomic E-state index is 0.0505. The van der Waals surface area contributed by atoms with Crippen molar-refractivity contribution in [3.63, 3.8) is 0 Å². The predicted molar refractivity (Wildman–Crippen MR) is 86.6 cm³/mol. The Labute approximate surface area is 128 Å². The molecule has 0 aliphatic heterocycles. The van der Waals surface area contributed by atoms with Gasteiger partial charge in [-0.1, -0.05) is 13.8 Å². The van der Waals surface area contributed by atoms with E-state index in [0.717, 1.165) is 11.0 Å². The third kappa shape index (κ3) is 2.47. The number of imidazole rings is 1. The normalized spacial score (nSPS) is 11.3. The molecule has 0 saturated heterocycles. The highest BCUT2D eigenvalue weighted by atomic mass is 16.1. The number of hydrogen-bond donors (Lipinski definition) is 3.